The highest BCUT2D eigenvalue weighted by Gasteiger charge is 2.46. The summed E-state index contributed by atoms with van der Waals surface area (Å²) in [6.45, 7) is 8.86. The second-order valence-corrected chi connectivity index (χ2v) is 5.98. The van der Waals surface area contributed by atoms with Crippen molar-refractivity contribution in [2.75, 3.05) is 0 Å². The van der Waals surface area contributed by atoms with Crippen LogP contribution in [0.1, 0.15) is 50.3 Å². The van der Waals surface area contributed by atoms with E-state index in [2.05, 4.69) is 10.6 Å². The monoisotopic (exact) mass is 274 g/mol. The highest BCUT2D eigenvalue weighted by molar-refractivity contribution is 6.07. The molecule has 1 rings (SSSR count). The van der Waals surface area contributed by atoms with Crippen LogP contribution < -0.4 is 10.6 Å². The molecule has 0 aliphatic carbocycles. The Balaban J connectivity index is 0. The summed E-state index contributed by atoms with van der Waals surface area (Å²) < 4.78 is 5.28. The quantitative estimate of drug-likeness (QED) is 0.605. The number of hydrogen-bond acceptors (Lipinski definition) is 4. The normalized spacial score (nSPS) is 24.7. The van der Waals surface area contributed by atoms with Crippen molar-refractivity contribution in [3.8, 4) is 0 Å². The Kier molecular flexibility index (Phi) is 4.22. The van der Waals surface area contributed by atoms with Gasteiger partial charge in [-0.15, -0.1) is 0 Å². The number of carbonyl (C=O) groups excluding carboxylic acids is 3. The first-order valence-corrected chi connectivity index (χ1v) is 6.46. The molecule has 3 amide bonds. The molecule has 0 unspecified atom stereocenters. The molecule has 0 aromatic carbocycles. The van der Waals surface area contributed by atoms with Crippen LogP contribution in [0.5, 0.6) is 0 Å². The molecule has 1 heterocycles. The second kappa shape index (κ2) is 5.19. The number of rotatable bonds is 4. The van der Waals surface area contributed by atoms with E-state index < -0.39 is 23.1 Å². The van der Waals surface area contributed by atoms with E-state index in [1.165, 1.54) is 0 Å². The zero-order chi connectivity index (χ0) is 14.8. The van der Waals surface area contributed by atoms with Gasteiger partial charge < -0.3 is 10.1 Å². The van der Waals surface area contributed by atoms with Crippen molar-refractivity contribution >= 4 is 17.9 Å². The maximum absolute atomic E-state index is 11.9. The van der Waals surface area contributed by atoms with Gasteiger partial charge in [-0.3, -0.25) is 14.9 Å². The molecule has 0 radical (unpaired) electrons. The Morgan fingerprint density at radius 1 is 1.42 bits per heavy atom. The van der Waals surface area contributed by atoms with Crippen LogP contribution in [-0.2, 0) is 14.3 Å². The Bertz CT molecular complexity index is 409. The molecule has 19 heavy (non-hydrogen) atoms. The third kappa shape index (κ3) is 3.68. The Hall–Kier alpha value is -1.59. The lowest BCUT2D eigenvalue weighted by molar-refractivity contribution is -0.160. The predicted octanol–water partition coefficient (Wildman–Crippen LogP) is 1.83. The largest absolute Gasteiger partial charge is 0.460 e. The van der Waals surface area contributed by atoms with Crippen LogP contribution in [0.2, 0.25) is 0 Å². The molecule has 2 atom stereocenters. The van der Waals surface area contributed by atoms with Gasteiger partial charge >= 0.3 is 12.0 Å². The Morgan fingerprint density at radius 3 is 2.37 bits per heavy atom. The van der Waals surface area contributed by atoms with Gasteiger partial charge in [0.15, 0.2) is 0 Å². The minimum atomic E-state index is -1.01. The van der Waals surface area contributed by atoms with E-state index in [0.717, 1.165) is 0 Å². The summed E-state index contributed by atoms with van der Waals surface area (Å²) in [6.07, 6.45) is 0.660. The van der Waals surface area contributed by atoms with Crippen molar-refractivity contribution in [1.29, 1.82) is 0 Å². The first-order valence-electron chi connectivity index (χ1n) is 6.46. The highest BCUT2D eigenvalue weighted by Crippen LogP contribution is 2.26. The number of nitrogens with one attached hydrogen (secondary N) is 2. The topological polar surface area (TPSA) is 84.5 Å². The lowest BCUT2D eigenvalue weighted by Gasteiger charge is -2.28. The molecule has 2 N–H and O–H groups in total. The summed E-state index contributed by atoms with van der Waals surface area (Å²) in [7, 11) is 0. The molecular weight excluding hydrogens is 248 g/mol. The molecule has 1 aliphatic heterocycles. The minimum absolute atomic E-state index is 0. The molecule has 0 saturated carbocycles. The summed E-state index contributed by atoms with van der Waals surface area (Å²) in [5.41, 5.74) is -1.57. The standard InChI is InChI=1S/C13H22N2O4.2H2/c1-6-13(10(17)14-11(18)15-13)7-8(2)9(16)19-12(3,4)5;;/h8H,6-7H2,1-5H3,(H2,14,15,17,18);2*1H/t8-,13+;;/m0../s1. The van der Waals surface area contributed by atoms with Crippen LogP contribution >= 0.6 is 0 Å². The molecule has 0 bridgehead atoms. The van der Waals surface area contributed by atoms with Crippen molar-refractivity contribution in [1.82, 2.24) is 10.6 Å². The number of amides is 3. The van der Waals surface area contributed by atoms with Crippen LogP contribution in [0.3, 0.4) is 0 Å². The number of ether oxygens (including phenoxy) is 1. The number of imide groups is 1. The lowest BCUT2D eigenvalue weighted by atomic mass is 9.86. The van der Waals surface area contributed by atoms with E-state index in [-0.39, 0.29) is 21.2 Å². The van der Waals surface area contributed by atoms with Crippen molar-refractivity contribution < 1.29 is 22.0 Å². The fraction of sp³-hybridized carbons (Fsp3) is 0.769. The van der Waals surface area contributed by atoms with Gasteiger partial charge in [0.1, 0.15) is 11.1 Å². The Labute approximate surface area is 116 Å². The maximum Gasteiger partial charge on any atom is 0.322 e. The molecule has 0 aromatic rings. The minimum Gasteiger partial charge on any atom is -0.460 e. The molecular formula is C13H26N2O4. The molecule has 1 aliphatic rings. The first kappa shape index (κ1) is 15.5. The molecule has 6 nitrogen and oxygen atoms in total. The zero-order valence-electron chi connectivity index (χ0n) is 12.1. The molecule has 1 fully saturated rings. The van der Waals surface area contributed by atoms with E-state index >= 15 is 0 Å². The van der Waals surface area contributed by atoms with Gasteiger partial charge in [0, 0.05) is 2.85 Å². The number of urea groups is 1. The second-order valence-electron chi connectivity index (χ2n) is 5.98. The smallest absolute Gasteiger partial charge is 0.322 e. The summed E-state index contributed by atoms with van der Waals surface area (Å²) >= 11 is 0. The van der Waals surface area contributed by atoms with E-state index in [1.54, 1.807) is 34.6 Å². The fourth-order valence-electron chi connectivity index (χ4n) is 2.07. The van der Waals surface area contributed by atoms with E-state index in [9.17, 15) is 14.4 Å². The molecule has 0 aromatic heterocycles. The number of hydrogen-bond donors (Lipinski definition) is 2. The van der Waals surface area contributed by atoms with E-state index in [0.29, 0.717) is 6.42 Å². The van der Waals surface area contributed by atoms with Gasteiger partial charge in [-0.05, 0) is 33.6 Å². The third-order valence-electron chi connectivity index (χ3n) is 3.08. The van der Waals surface area contributed by atoms with Crippen LogP contribution in [0.4, 0.5) is 4.79 Å². The molecule has 0 spiro atoms. The lowest BCUT2D eigenvalue weighted by Crippen LogP contribution is -2.48. The van der Waals surface area contributed by atoms with Crippen molar-refractivity contribution in [3.05, 3.63) is 0 Å². The third-order valence-corrected chi connectivity index (χ3v) is 3.08. The van der Waals surface area contributed by atoms with Gasteiger partial charge in [-0.25, -0.2) is 4.79 Å². The Morgan fingerprint density at radius 2 is 2.00 bits per heavy atom. The molecule has 6 heteroatoms. The maximum atomic E-state index is 11.9. The zero-order valence-corrected chi connectivity index (χ0v) is 12.1. The highest BCUT2D eigenvalue weighted by atomic mass is 16.6. The summed E-state index contributed by atoms with van der Waals surface area (Å²) in [5, 5.41) is 4.82. The van der Waals surface area contributed by atoms with Crippen LogP contribution in [0.25, 0.3) is 0 Å². The first-order chi connectivity index (χ1) is 8.59. The summed E-state index contributed by atoms with van der Waals surface area (Å²) in [4.78, 5) is 35.0. The predicted molar refractivity (Wildman–Crippen MR) is 73.6 cm³/mol. The number of esters is 1. The van der Waals surface area contributed by atoms with E-state index in [4.69, 9.17) is 4.74 Å². The summed E-state index contributed by atoms with van der Waals surface area (Å²) in [6, 6.07) is -0.511. The van der Waals surface area contributed by atoms with Crippen molar-refractivity contribution in [3.63, 3.8) is 0 Å². The van der Waals surface area contributed by atoms with Gasteiger partial charge in [-0.2, -0.15) is 0 Å². The van der Waals surface area contributed by atoms with Gasteiger partial charge in [0.25, 0.3) is 5.91 Å². The van der Waals surface area contributed by atoms with Crippen LogP contribution in [-0.4, -0.2) is 29.0 Å². The van der Waals surface area contributed by atoms with Crippen molar-refractivity contribution in [2.24, 2.45) is 5.92 Å². The van der Waals surface area contributed by atoms with Gasteiger partial charge in [0.2, 0.25) is 0 Å². The van der Waals surface area contributed by atoms with Crippen LogP contribution in [0.15, 0.2) is 0 Å². The molecule has 112 valence electrons. The molecule has 1 saturated heterocycles. The average Bonchev–Trinajstić information content (AvgIpc) is 2.51. The SMILES string of the molecule is CC[C@]1(C[C@H](C)C(=O)OC(C)(C)C)NC(=O)NC1=O.[HH].[HH]. The van der Waals surface area contributed by atoms with E-state index in [1.807, 2.05) is 0 Å². The summed E-state index contributed by atoms with van der Waals surface area (Å²) in [5.74, 6) is -1.21. The van der Waals surface area contributed by atoms with Gasteiger partial charge in [-0.1, -0.05) is 13.8 Å². The van der Waals surface area contributed by atoms with Gasteiger partial charge in [0.05, 0.1) is 5.92 Å². The fourth-order valence-corrected chi connectivity index (χ4v) is 2.07. The van der Waals surface area contributed by atoms with Crippen molar-refractivity contribution in [2.45, 2.75) is 58.6 Å². The number of carbonyl (C=O) groups is 3. The average molecular weight is 274 g/mol. The van der Waals surface area contributed by atoms with Crippen LogP contribution in [0, 0.1) is 5.92 Å².